The second-order valence-corrected chi connectivity index (χ2v) is 25.2. The molecule has 344 valence electrons. The van der Waals surface area contributed by atoms with Gasteiger partial charge in [0.15, 0.2) is 0 Å². The standard InChI is InChI=1S/C46H63IN7O8S/c1-4-38-46(47-38,43(57)51-63(59,60)45(2)19-20-45)50-40(55)36-26-31-27-54(36)42(56)39(29-13-7-5-8-14-29)49-44(58)62-37-25-30(37)15-9-6-10-17-33-34(28-53-23-21-52(3)22-24-53)32-16-11-12-18-35(32)48-41(33)61-31/h4,11-12,16,18,29-31,36-39H,1,5-10,13-15,17,19-28H2,2-3H3,(H,49,58)(H,50,55)(H,51,57)/q-1/t30-,31-,36+,37-,38?,39+,46?/m1/s1. The molecule has 3 saturated carbocycles. The predicted molar refractivity (Wildman–Crippen MR) is 233 cm³/mol. The van der Waals surface area contributed by atoms with E-state index in [-0.39, 0.29) is 30.9 Å². The van der Waals surface area contributed by atoms with Crippen LogP contribution < -0.4 is 41.3 Å². The van der Waals surface area contributed by atoms with Gasteiger partial charge in [-0.05, 0) is 13.5 Å². The summed E-state index contributed by atoms with van der Waals surface area (Å²) in [5.41, 5.74) is 3.07. The van der Waals surface area contributed by atoms with Crippen LogP contribution in [0.3, 0.4) is 0 Å². The molecule has 1 aromatic heterocycles. The fourth-order valence-corrected chi connectivity index (χ4v) is 14.3. The quantitative estimate of drug-likeness (QED) is 0.141. The molecule has 4 amide bonds. The van der Waals surface area contributed by atoms with Crippen molar-refractivity contribution in [1.29, 1.82) is 0 Å². The van der Waals surface area contributed by atoms with E-state index in [0.29, 0.717) is 18.7 Å². The van der Waals surface area contributed by atoms with Crippen LogP contribution in [-0.2, 0) is 42.1 Å². The summed E-state index contributed by atoms with van der Waals surface area (Å²) in [6.07, 6.45) is 11.0. The first-order valence-electron chi connectivity index (χ1n) is 23.2. The number of piperazine rings is 1. The second kappa shape index (κ2) is 18.0. The summed E-state index contributed by atoms with van der Waals surface area (Å²) in [5, 5.41) is 7.05. The molecule has 2 bridgehead atoms. The molecule has 3 saturated heterocycles. The number of hydrogen-bond donors (Lipinski definition) is 3. The third-order valence-corrected chi connectivity index (χ3v) is 20.8. The molecule has 3 aliphatic carbocycles. The average Bonchev–Trinajstić information content (AvgIpc) is 4.23. The van der Waals surface area contributed by atoms with Gasteiger partial charge in [0.25, 0.3) is 0 Å². The molecule has 9 rings (SSSR count). The molecule has 7 aliphatic rings. The van der Waals surface area contributed by atoms with Crippen molar-refractivity contribution in [2.24, 2.45) is 11.8 Å². The Morgan fingerprint density at radius 2 is 1.70 bits per heavy atom. The monoisotopic (exact) mass is 1000 g/mol. The zero-order chi connectivity index (χ0) is 44.1. The Morgan fingerprint density at radius 3 is 2.41 bits per heavy atom. The summed E-state index contributed by atoms with van der Waals surface area (Å²) in [4.78, 5) is 69.0. The summed E-state index contributed by atoms with van der Waals surface area (Å²) < 4.78 is 38.8. The maximum atomic E-state index is 15.1. The van der Waals surface area contributed by atoms with Gasteiger partial charge in [-0.3, -0.25) is 0 Å². The van der Waals surface area contributed by atoms with Gasteiger partial charge in [0.05, 0.1) is 0 Å². The number of pyridine rings is 1. The van der Waals surface area contributed by atoms with E-state index in [0.717, 1.165) is 120 Å². The molecular formula is C46H63IN7O8S-. The van der Waals surface area contributed by atoms with Crippen LogP contribution in [0, 0.1) is 11.8 Å². The number of amides is 4. The van der Waals surface area contributed by atoms with Crippen LogP contribution in [0.1, 0.15) is 102 Å². The third-order valence-electron chi connectivity index (χ3n) is 14.7. The van der Waals surface area contributed by atoms with Crippen LogP contribution in [0.15, 0.2) is 36.9 Å². The van der Waals surface area contributed by atoms with Crippen molar-refractivity contribution in [3.8, 4) is 5.88 Å². The fourth-order valence-electron chi connectivity index (χ4n) is 10.2. The van der Waals surface area contributed by atoms with Crippen LogP contribution in [0.25, 0.3) is 10.9 Å². The van der Waals surface area contributed by atoms with E-state index in [2.05, 4.69) is 50.9 Å². The van der Waals surface area contributed by atoms with Gasteiger partial charge < -0.3 is 4.90 Å². The topological polar surface area (TPSA) is 180 Å². The molecule has 5 heterocycles. The van der Waals surface area contributed by atoms with E-state index in [9.17, 15) is 22.8 Å². The minimum absolute atomic E-state index is 0.0508. The van der Waals surface area contributed by atoms with Crippen molar-refractivity contribution in [3.63, 3.8) is 0 Å². The van der Waals surface area contributed by atoms with Gasteiger partial charge in [-0.15, -0.1) is 0 Å². The number of benzene rings is 1. The summed E-state index contributed by atoms with van der Waals surface area (Å²) in [6, 6.07) is 6.18. The number of alkyl halides is 2. The Kier molecular flexibility index (Phi) is 12.8. The number of fused-ring (bicyclic) bond motifs is 5. The summed E-state index contributed by atoms with van der Waals surface area (Å²) in [7, 11) is -1.83. The molecule has 63 heavy (non-hydrogen) atoms. The van der Waals surface area contributed by atoms with Gasteiger partial charge in [0.2, 0.25) is 0 Å². The van der Waals surface area contributed by atoms with E-state index in [4.69, 9.17) is 14.5 Å². The van der Waals surface area contributed by atoms with Gasteiger partial charge in [-0.25, -0.2) is 0 Å². The number of rotatable bonds is 9. The van der Waals surface area contributed by atoms with Crippen molar-refractivity contribution in [2.75, 3.05) is 39.8 Å². The van der Waals surface area contributed by atoms with Gasteiger partial charge in [-0.1, -0.05) is 12.5 Å². The van der Waals surface area contributed by atoms with Crippen LogP contribution in [-0.4, -0.2) is 128 Å². The number of nitrogens with zero attached hydrogens (tertiary/aromatic N) is 4. The van der Waals surface area contributed by atoms with E-state index >= 15 is 4.79 Å². The predicted octanol–water partition coefficient (Wildman–Crippen LogP) is 0.979. The molecule has 2 unspecified atom stereocenters. The molecule has 15 nitrogen and oxygen atoms in total. The zero-order valence-electron chi connectivity index (χ0n) is 36.6. The Balaban J connectivity index is 1.07. The molecular weight excluding hydrogens is 938 g/mol. The Morgan fingerprint density at radius 1 is 0.984 bits per heavy atom. The van der Waals surface area contributed by atoms with Crippen LogP contribution in [0.2, 0.25) is 0 Å². The molecule has 1 aromatic carbocycles. The van der Waals surface area contributed by atoms with Crippen LogP contribution in [0.5, 0.6) is 5.88 Å². The first-order chi connectivity index (χ1) is 30.3. The van der Waals surface area contributed by atoms with Crippen molar-refractivity contribution in [2.45, 2.75) is 140 Å². The number of hydrogen-bond acceptors (Lipinski definition) is 11. The second-order valence-electron chi connectivity index (χ2n) is 19.3. The van der Waals surface area contributed by atoms with E-state index < -0.39 is 85.4 Å². The number of ether oxygens (including phenoxy) is 2. The molecule has 0 radical (unpaired) electrons. The Bertz CT molecular complexity index is 2230. The first-order valence-corrected chi connectivity index (χ1v) is 27.0. The van der Waals surface area contributed by atoms with E-state index in [1.165, 1.54) is 10.5 Å². The van der Waals surface area contributed by atoms with Crippen molar-refractivity contribution in [3.05, 3.63) is 48.0 Å². The van der Waals surface area contributed by atoms with Gasteiger partial charge in [0.1, 0.15) is 0 Å². The normalized spacial score (nSPS) is 31.9. The molecule has 2 aromatic rings. The molecule has 0 spiro atoms. The summed E-state index contributed by atoms with van der Waals surface area (Å²) >= 11 is -1.05. The van der Waals surface area contributed by atoms with Gasteiger partial charge in [0, 0.05) is 26.2 Å². The third kappa shape index (κ3) is 9.44. The van der Waals surface area contributed by atoms with Crippen LogP contribution in [0.4, 0.5) is 4.79 Å². The zero-order valence-corrected chi connectivity index (χ0v) is 39.6. The molecule has 3 N–H and O–H groups in total. The van der Waals surface area contributed by atoms with Gasteiger partial charge >= 0.3 is 326 Å². The number of alkyl carbamates (subject to hydrolysis) is 1. The Hall–Kier alpha value is -3.55. The Labute approximate surface area is 381 Å². The minimum atomic E-state index is -3.98. The number of aromatic nitrogens is 1. The maximum absolute atomic E-state index is 15.1. The molecule has 7 atom stereocenters. The molecule has 17 heteroatoms. The number of para-hydroxylation sites is 1. The van der Waals surface area contributed by atoms with Crippen molar-refractivity contribution < 1.29 is 58.3 Å². The fraction of sp³-hybridized carbons (Fsp3) is 0.674. The molecule has 6 fully saturated rings. The van der Waals surface area contributed by atoms with E-state index in [1.807, 2.05) is 12.1 Å². The number of carbonyl (C=O) groups excluding carboxylic acids is 4. The first kappa shape index (κ1) is 44.6. The summed E-state index contributed by atoms with van der Waals surface area (Å²) in [6.45, 7) is 10.2. The molecule has 4 aliphatic heterocycles. The SMILES string of the molecule is C=CC1[I-]C1(NC(=O)[C@@H]1C[C@@H]2CN1C(=O)[C@H](C1CCCCC1)NC(=O)O[C@@H]1C[C@H]1CCCCCc1c(nc3ccccc3c1CN1CCN(C)CC1)O2)C(=O)NS(=O)(=O)C1(C)CC1. The van der Waals surface area contributed by atoms with Crippen molar-refractivity contribution >= 4 is 44.7 Å². The van der Waals surface area contributed by atoms with Crippen LogP contribution >= 0.6 is 0 Å². The number of sulfonamides is 1. The number of halogens is 1. The number of likely N-dealkylation sites (N-methyl/N-ethyl adjacent to an activating group) is 1. The van der Waals surface area contributed by atoms with E-state index in [1.54, 1.807) is 13.0 Å². The number of carbonyl (C=O) groups is 4. The summed E-state index contributed by atoms with van der Waals surface area (Å²) in [5.74, 6) is -1.07. The number of nitrogens with one attached hydrogen (secondary N) is 3. The van der Waals surface area contributed by atoms with Gasteiger partial charge in [-0.2, -0.15) is 0 Å². The average molecular weight is 1000 g/mol. The van der Waals surface area contributed by atoms with Crippen molar-refractivity contribution in [1.82, 2.24) is 35.0 Å².